The van der Waals surface area contributed by atoms with Crippen LogP contribution in [-0.2, 0) is 13.7 Å². The zero-order chi connectivity index (χ0) is 27.4. The number of nitro benzene ring substituents is 1. The van der Waals surface area contributed by atoms with E-state index in [9.17, 15) is 14.9 Å². The largest absolute Gasteiger partial charge is 0.294 e. The minimum absolute atomic E-state index is 0.0751. The third-order valence-corrected chi connectivity index (χ3v) is 11.2. The Kier molecular flexibility index (Phi) is 6.69. The van der Waals surface area contributed by atoms with E-state index in [0.717, 1.165) is 31.2 Å². The Morgan fingerprint density at radius 2 is 1.38 bits per heavy atom. The molecule has 0 radical (unpaired) electrons. The number of halogens is 2. The highest BCUT2D eigenvalue weighted by molar-refractivity contribution is 9.10. The Morgan fingerprint density at radius 1 is 0.846 bits per heavy atom. The minimum atomic E-state index is -0.982. The van der Waals surface area contributed by atoms with Crippen molar-refractivity contribution in [3.63, 3.8) is 0 Å². The fraction of sp³-hybridized carbons (Fsp3) is 0.103. The monoisotopic (exact) mass is 679 g/mol. The van der Waals surface area contributed by atoms with Crippen molar-refractivity contribution in [2.75, 3.05) is 5.01 Å². The van der Waals surface area contributed by atoms with Crippen LogP contribution < -0.4 is 5.01 Å². The SMILES string of the molecule is CC(=O)C1=NN(c2ccccc2[N+](=O)[O-])[C@]2(S1)SC(c1ccc(Br)cc1)(c1ccc(Br)cc1)c1ccccc12. The Bertz CT molecular complexity index is 1620. The van der Waals surface area contributed by atoms with Crippen LogP contribution in [0.3, 0.4) is 0 Å². The van der Waals surface area contributed by atoms with Crippen LogP contribution in [-0.4, -0.2) is 15.8 Å². The first kappa shape index (κ1) is 26.3. The number of ketones is 1. The van der Waals surface area contributed by atoms with Crippen molar-refractivity contribution in [2.45, 2.75) is 15.9 Å². The van der Waals surface area contributed by atoms with Gasteiger partial charge in [0.05, 0.1) is 9.67 Å². The molecule has 6 nitrogen and oxygen atoms in total. The molecule has 0 unspecified atom stereocenters. The molecule has 0 fully saturated rings. The van der Waals surface area contributed by atoms with Gasteiger partial charge < -0.3 is 0 Å². The van der Waals surface area contributed by atoms with Gasteiger partial charge in [0.15, 0.2) is 15.0 Å². The maximum Gasteiger partial charge on any atom is 0.294 e. The van der Waals surface area contributed by atoms with E-state index in [0.29, 0.717) is 10.7 Å². The molecule has 2 heterocycles. The number of hydrazone groups is 1. The van der Waals surface area contributed by atoms with Crippen LogP contribution in [0.5, 0.6) is 0 Å². The summed E-state index contributed by atoms with van der Waals surface area (Å²) < 4.78 is 0.239. The molecular formula is C29H19Br2N3O3S2. The Hall–Kier alpha value is -2.92. The lowest BCUT2D eigenvalue weighted by Gasteiger charge is -2.37. The number of nitrogens with zero attached hydrogens (tertiary/aromatic N) is 3. The molecular weight excluding hydrogens is 662 g/mol. The van der Waals surface area contributed by atoms with E-state index in [1.807, 2.05) is 42.5 Å². The lowest BCUT2D eigenvalue weighted by Crippen LogP contribution is -2.34. The normalized spacial score (nSPS) is 19.2. The summed E-state index contributed by atoms with van der Waals surface area (Å²) in [6.07, 6.45) is 0. The maximum absolute atomic E-state index is 12.7. The average molecular weight is 681 g/mol. The molecule has 2 aliphatic heterocycles. The van der Waals surface area contributed by atoms with E-state index < -0.39 is 13.9 Å². The van der Waals surface area contributed by atoms with Gasteiger partial charge in [-0.1, -0.05) is 116 Å². The number of nitro groups is 1. The number of hydrogen-bond donors (Lipinski definition) is 0. The van der Waals surface area contributed by atoms with Gasteiger partial charge in [-0.05, 0) is 47.0 Å². The molecule has 0 N–H and O–H groups in total. The minimum Gasteiger partial charge on any atom is -0.292 e. The van der Waals surface area contributed by atoms with Crippen molar-refractivity contribution in [3.8, 4) is 0 Å². The molecule has 0 saturated heterocycles. The van der Waals surface area contributed by atoms with Gasteiger partial charge in [0.2, 0.25) is 0 Å². The molecule has 1 atom stereocenters. The third kappa shape index (κ3) is 4.16. The van der Waals surface area contributed by atoms with Crippen molar-refractivity contribution in [1.82, 2.24) is 0 Å². The first-order valence-electron chi connectivity index (χ1n) is 11.9. The van der Waals surface area contributed by atoms with Crippen LogP contribution in [0, 0.1) is 10.1 Å². The fourth-order valence-electron chi connectivity index (χ4n) is 5.08. The van der Waals surface area contributed by atoms with Crippen LogP contribution >= 0.6 is 55.4 Å². The number of thioether (sulfide) groups is 2. The summed E-state index contributed by atoms with van der Waals surface area (Å²) in [5.41, 5.74) is 4.31. The number of anilines is 1. The molecule has 0 bridgehead atoms. The van der Waals surface area contributed by atoms with Crippen molar-refractivity contribution in [3.05, 3.63) is 138 Å². The Morgan fingerprint density at radius 3 is 1.95 bits per heavy atom. The molecule has 0 aliphatic carbocycles. The highest BCUT2D eigenvalue weighted by atomic mass is 79.9. The van der Waals surface area contributed by atoms with Crippen molar-refractivity contribution < 1.29 is 9.72 Å². The van der Waals surface area contributed by atoms with Crippen molar-refractivity contribution in [1.29, 1.82) is 0 Å². The fourth-order valence-corrected chi connectivity index (χ4v) is 9.16. The quantitative estimate of drug-likeness (QED) is 0.156. The van der Waals surface area contributed by atoms with Gasteiger partial charge in [-0.25, -0.2) is 5.01 Å². The number of rotatable bonds is 5. The molecule has 0 saturated carbocycles. The first-order valence-corrected chi connectivity index (χ1v) is 15.1. The molecule has 39 heavy (non-hydrogen) atoms. The first-order chi connectivity index (χ1) is 18.8. The van der Waals surface area contributed by atoms with E-state index in [1.165, 1.54) is 24.8 Å². The van der Waals surface area contributed by atoms with Gasteiger partial charge in [0.1, 0.15) is 5.69 Å². The van der Waals surface area contributed by atoms with Crippen LogP contribution in [0.1, 0.15) is 29.2 Å². The Labute approximate surface area is 250 Å². The number of para-hydroxylation sites is 2. The van der Waals surface area contributed by atoms with Crippen LogP contribution in [0.15, 0.2) is 111 Å². The Balaban J connectivity index is 1.67. The molecule has 0 amide bonds. The second kappa shape index (κ2) is 9.92. The molecule has 6 rings (SSSR count). The molecule has 1 spiro atoms. The van der Waals surface area contributed by atoms with Gasteiger partial charge >= 0.3 is 0 Å². The highest BCUT2D eigenvalue weighted by Crippen LogP contribution is 2.71. The second-order valence-electron chi connectivity index (χ2n) is 9.05. The summed E-state index contributed by atoms with van der Waals surface area (Å²) in [7, 11) is 0. The molecule has 2 aliphatic rings. The second-order valence-corrected chi connectivity index (χ2v) is 13.7. The number of Topliss-reactive ketones (excluding diaryl/α,β-unsaturated/α-hetero) is 1. The molecule has 194 valence electrons. The van der Waals surface area contributed by atoms with Gasteiger partial charge in [0.25, 0.3) is 5.69 Å². The lowest BCUT2D eigenvalue weighted by atomic mass is 9.82. The van der Waals surface area contributed by atoms with E-state index >= 15 is 0 Å². The summed E-state index contributed by atoms with van der Waals surface area (Å²) in [5.74, 6) is -0.191. The summed E-state index contributed by atoms with van der Waals surface area (Å²) in [6, 6.07) is 31.1. The smallest absolute Gasteiger partial charge is 0.292 e. The average Bonchev–Trinajstić information content (AvgIpc) is 3.47. The predicted octanol–water partition coefficient (Wildman–Crippen LogP) is 8.42. The van der Waals surface area contributed by atoms with Gasteiger partial charge in [-0.2, -0.15) is 5.10 Å². The molecule has 10 heteroatoms. The number of carbonyl (C=O) groups is 1. The molecule has 4 aromatic carbocycles. The van der Waals surface area contributed by atoms with Crippen LogP contribution in [0.4, 0.5) is 11.4 Å². The number of benzene rings is 4. The van der Waals surface area contributed by atoms with E-state index in [1.54, 1.807) is 35.0 Å². The van der Waals surface area contributed by atoms with Crippen molar-refractivity contribution in [2.24, 2.45) is 5.10 Å². The summed E-state index contributed by atoms with van der Waals surface area (Å²) in [4.78, 5) is 24.5. The third-order valence-electron chi connectivity index (χ3n) is 6.75. The van der Waals surface area contributed by atoms with Crippen LogP contribution in [0.25, 0.3) is 0 Å². The lowest BCUT2D eigenvalue weighted by molar-refractivity contribution is -0.384. The number of hydrogen-bond acceptors (Lipinski definition) is 7. The van der Waals surface area contributed by atoms with Gasteiger partial charge in [-0.3, -0.25) is 14.9 Å². The van der Waals surface area contributed by atoms with E-state index in [-0.39, 0.29) is 11.5 Å². The van der Waals surface area contributed by atoms with Gasteiger partial charge in [0, 0.05) is 27.5 Å². The zero-order valence-electron chi connectivity index (χ0n) is 20.4. The predicted molar refractivity (Wildman–Crippen MR) is 165 cm³/mol. The standard InChI is InChI=1S/C29H19Br2N3O3S2/c1-18(35)27-32-33(25-8-4-5-9-26(25)34(36)37)29(38-27)24-7-3-2-6-23(24)28(39-29,19-10-14-21(30)15-11-19)20-12-16-22(31)17-13-20/h2-17H,1H3/t29-/m1/s1. The van der Waals surface area contributed by atoms with E-state index in [4.69, 9.17) is 5.10 Å². The van der Waals surface area contributed by atoms with Crippen molar-refractivity contribution >= 4 is 77.6 Å². The number of carbonyl (C=O) groups excluding carboxylic acids is 1. The van der Waals surface area contributed by atoms with Gasteiger partial charge in [-0.15, -0.1) is 0 Å². The summed E-state index contributed by atoms with van der Waals surface area (Å²) in [6.45, 7) is 1.48. The maximum atomic E-state index is 12.7. The topological polar surface area (TPSA) is 75.8 Å². The summed E-state index contributed by atoms with van der Waals surface area (Å²) >= 11 is 10.1. The zero-order valence-corrected chi connectivity index (χ0v) is 25.2. The highest BCUT2D eigenvalue weighted by Gasteiger charge is 2.62. The molecule has 4 aromatic rings. The van der Waals surface area contributed by atoms with Crippen LogP contribution in [0.2, 0.25) is 0 Å². The summed E-state index contributed by atoms with van der Waals surface area (Å²) in [5, 5.41) is 18.8. The molecule has 0 aromatic heterocycles. The number of fused-ring (bicyclic) bond motifs is 2. The van der Waals surface area contributed by atoms with E-state index in [2.05, 4.69) is 62.2 Å².